The average molecular weight is 250 g/mol. The highest BCUT2D eigenvalue weighted by atomic mass is 16.2. The number of nitrogens with zero attached hydrogens (tertiary/aromatic N) is 1. The van der Waals surface area contributed by atoms with E-state index in [0.29, 0.717) is 5.56 Å². The minimum absolute atomic E-state index is 0.106. The molecule has 1 amide bonds. The topological polar surface area (TPSA) is 34.0 Å². The number of hydrogen-bond acceptors (Lipinski definition) is 1. The molecule has 0 fully saturated rings. The van der Waals surface area contributed by atoms with E-state index in [-0.39, 0.29) is 5.91 Å². The first-order valence-electron chi connectivity index (χ1n) is 6.19. The van der Waals surface area contributed by atoms with Gasteiger partial charge >= 0.3 is 0 Å². The number of rotatable bonds is 2. The third-order valence-electron chi connectivity index (χ3n) is 3.14. The summed E-state index contributed by atoms with van der Waals surface area (Å²) >= 11 is 0. The molecule has 0 saturated carbocycles. The van der Waals surface area contributed by atoms with Gasteiger partial charge in [0.1, 0.15) is 0 Å². The first-order chi connectivity index (χ1) is 9.25. The number of nitrogens with one attached hydrogen (secondary N) is 1. The molecule has 2 aromatic carbocycles. The van der Waals surface area contributed by atoms with Crippen molar-refractivity contribution in [3.63, 3.8) is 0 Å². The van der Waals surface area contributed by atoms with Gasteiger partial charge in [-0.15, -0.1) is 0 Å². The molecule has 3 aromatic rings. The van der Waals surface area contributed by atoms with Crippen molar-refractivity contribution < 1.29 is 4.79 Å². The molecule has 0 radical (unpaired) electrons. The minimum Gasteiger partial charge on any atom is -0.267 e. The van der Waals surface area contributed by atoms with Crippen LogP contribution in [0.5, 0.6) is 0 Å². The van der Waals surface area contributed by atoms with Crippen molar-refractivity contribution in [2.24, 2.45) is 0 Å². The third kappa shape index (κ3) is 2.10. The van der Waals surface area contributed by atoms with E-state index in [2.05, 4.69) is 11.5 Å². The largest absolute Gasteiger partial charge is 0.270 e. The number of amides is 1. The second-order valence-corrected chi connectivity index (χ2v) is 4.49. The fourth-order valence-corrected chi connectivity index (χ4v) is 2.20. The fraction of sp³-hybridized carbons (Fsp3) is 0.0625. The number of benzene rings is 2. The molecule has 0 atom stereocenters. The Morgan fingerprint density at radius 3 is 2.47 bits per heavy atom. The molecule has 0 aliphatic heterocycles. The molecule has 19 heavy (non-hydrogen) atoms. The van der Waals surface area contributed by atoms with Crippen LogP contribution >= 0.6 is 0 Å². The van der Waals surface area contributed by atoms with E-state index in [9.17, 15) is 4.79 Å². The molecule has 0 bridgehead atoms. The summed E-state index contributed by atoms with van der Waals surface area (Å²) in [6.45, 7) is 1.98. The highest BCUT2D eigenvalue weighted by molar-refractivity contribution is 6.01. The summed E-state index contributed by atoms with van der Waals surface area (Å²) in [4.78, 5) is 12.2. The molecule has 3 nitrogen and oxygen atoms in total. The highest BCUT2D eigenvalue weighted by Crippen LogP contribution is 2.17. The summed E-state index contributed by atoms with van der Waals surface area (Å²) in [6.07, 6.45) is 0. The van der Waals surface area contributed by atoms with Crippen LogP contribution in [0, 0.1) is 6.92 Å². The van der Waals surface area contributed by atoms with Crippen LogP contribution in [0.15, 0.2) is 60.7 Å². The van der Waals surface area contributed by atoms with E-state index < -0.39 is 0 Å². The number of hydrogen-bond donors (Lipinski definition) is 1. The second-order valence-electron chi connectivity index (χ2n) is 4.49. The van der Waals surface area contributed by atoms with Crippen LogP contribution in [0.25, 0.3) is 10.9 Å². The van der Waals surface area contributed by atoms with Gasteiger partial charge < -0.3 is 0 Å². The zero-order chi connectivity index (χ0) is 13.2. The Morgan fingerprint density at radius 2 is 1.68 bits per heavy atom. The van der Waals surface area contributed by atoms with Crippen LogP contribution in [-0.2, 0) is 0 Å². The van der Waals surface area contributed by atoms with Crippen molar-refractivity contribution in [2.75, 3.05) is 5.43 Å². The second kappa shape index (κ2) is 4.61. The molecule has 0 aliphatic rings. The Morgan fingerprint density at radius 1 is 1.00 bits per heavy atom. The van der Waals surface area contributed by atoms with E-state index in [0.717, 1.165) is 16.6 Å². The number of carbonyl (C=O) groups excluding carboxylic acids is 1. The van der Waals surface area contributed by atoms with Gasteiger partial charge in [0, 0.05) is 16.6 Å². The summed E-state index contributed by atoms with van der Waals surface area (Å²) in [7, 11) is 0. The molecular weight excluding hydrogens is 236 g/mol. The highest BCUT2D eigenvalue weighted by Gasteiger charge is 2.09. The Bertz CT molecular complexity index is 729. The predicted molar refractivity (Wildman–Crippen MR) is 76.8 cm³/mol. The van der Waals surface area contributed by atoms with Gasteiger partial charge in [-0.05, 0) is 31.2 Å². The quantitative estimate of drug-likeness (QED) is 0.743. The standard InChI is InChI=1S/C16H14N2O/c1-12-11-14-9-5-6-10-15(14)18(12)17-16(19)13-7-3-2-4-8-13/h2-11H,1H3,(H,17,19). The van der Waals surface area contributed by atoms with E-state index in [4.69, 9.17) is 0 Å². The lowest BCUT2D eigenvalue weighted by atomic mass is 10.2. The number of aromatic nitrogens is 1. The number of aryl methyl sites for hydroxylation is 1. The maximum atomic E-state index is 12.2. The number of carbonyl (C=O) groups is 1. The van der Waals surface area contributed by atoms with Gasteiger partial charge in [-0.3, -0.25) is 14.9 Å². The van der Waals surface area contributed by atoms with Crippen LogP contribution in [0.1, 0.15) is 16.1 Å². The van der Waals surface area contributed by atoms with Gasteiger partial charge in [0.2, 0.25) is 0 Å². The maximum Gasteiger partial charge on any atom is 0.270 e. The lowest BCUT2D eigenvalue weighted by molar-refractivity contribution is 0.101. The normalized spacial score (nSPS) is 10.6. The van der Waals surface area contributed by atoms with Crippen LogP contribution in [0.2, 0.25) is 0 Å². The number of para-hydroxylation sites is 1. The van der Waals surface area contributed by atoms with Crippen molar-refractivity contribution >= 4 is 16.8 Å². The molecule has 0 unspecified atom stereocenters. The average Bonchev–Trinajstić information content (AvgIpc) is 2.76. The monoisotopic (exact) mass is 250 g/mol. The van der Waals surface area contributed by atoms with Crippen LogP contribution in [0.4, 0.5) is 0 Å². The van der Waals surface area contributed by atoms with E-state index in [1.54, 1.807) is 12.1 Å². The molecule has 1 N–H and O–H groups in total. The van der Waals surface area contributed by atoms with Crippen LogP contribution in [-0.4, -0.2) is 10.6 Å². The molecule has 0 spiro atoms. The van der Waals surface area contributed by atoms with Crippen molar-refractivity contribution in [3.05, 3.63) is 71.9 Å². The summed E-state index contributed by atoms with van der Waals surface area (Å²) in [5, 5.41) is 1.12. The van der Waals surface area contributed by atoms with Crippen molar-refractivity contribution in [3.8, 4) is 0 Å². The third-order valence-corrected chi connectivity index (χ3v) is 3.14. The lowest BCUT2D eigenvalue weighted by Gasteiger charge is -2.10. The van der Waals surface area contributed by atoms with E-state index >= 15 is 0 Å². The Labute approximate surface area is 111 Å². The summed E-state index contributed by atoms with van der Waals surface area (Å²) in [6, 6.07) is 19.3. The molecule has 94 valence electrons. The van der Waals surface area contributed by atoms with Gasteiger partial charge in [0.05, 0.1) is 5.52 Å². The van der Waals surface area contributed by atoms with Crippen LogP contribution in [0.3, 0.4) is 0 Å². The molecule has 3 rings (SSSR count). The van der Waals surface area contributed by atoms with Gasteiger partial charge in [-0.25, -0.2) is 0 Å². The van der Waals surface area contributed by atoms with Crippen LogP contribution < -0.4 is 5.43 Å². The fourth-order valence-electron chi connectivity index (χ4n) is 2.20. The smallest absolute Gasteiger partial charge is 0.267 e. The van der Waals surface area contributed by atoms with Gasteiger partial charge in [0.25, 0.3) is 5.91 Å². The van der Waals surface area contributed by atoms with Gasteiger partial charge in [-0.2, -0.15) is 0 Å². The molecular formula is C16H14N2O. The molecule has 0 saturated heterocycles. The maximum absolute atomic E-state index is 12.2. The summed E-state index contributed by atoms with van der Waals surface area (Å²) in [5.41, 5.74) is 5.59. The lowest BCUT2D eigenvalue weighted by Crippen LogP contribution is -2.23. The molecule has 3 heteroatoms. The van der Waals surface area contributed by atoms with Crippen molar-refractivity contribution in [2.45, 2.75) is 6.92 Å². The first-order valence-corrected chi connectivity index (χ1v) is 6.19. The summed E-state index contributed by atoms with van der Waals surface area (Å²) in [5.74, 6) is -0.106. The van der Waals surface area contributed by atoms with Gasteiger partial charge in [-0.1, -0.05) is 36.4 Å². The predicted octanol–water partition coefficient (Wildman–Crippen LogP) is 3.33. The van der Waals surface area contributed by atoms with E-state index in [1.165, 1.54) is 0 Å². The molecule has 1 aromatic heterocycles. The van der Waals surface area contributed by atoms with Gasteiger partial charge in [0.15, 0.2) is 0 Å². The van der Waals surface area contributed by atoms with E-state index in [1.807, 2.05) is 54.1 Å². The molecule has 1 heterocycles. The molecule has 0 aliphatic carbocycles. The van der Waals surface area contributed by atoms with Crippen molar-refractivity contribution in [1.29, 1.82) is 0 Å². The SMILES string of the molecule is Cc1cc2ccccc2n1NC(=O)c1ccccc1. The zero-order valence-electron chi connectivity index (χ0n) is 10.6. The minimum atomic E-state index is -0.106. The first kappa shape index (κ1) is 11.5. The summed E-state index contributed by atoms with van der Waals surface area (Å²) < 4.78 is 1.82. The Hall–Kier alpha value is -2.55. The zero-order valence-corrected chi connectivity index (χ0v) is 10.6. The Kier molecular flexibility index (Phi) is 2.80. The number of fused-ring (bicyclic) bond motifs is 1. The Balaban J connectivity index is 1.98. The van der Waals surface area contributed by atoms with Crippen molar-refractivity contribution in [1.82, 2.24) is 4.68 Å².